The maximum Gasteiger partial charge on any atom is 0.293 e. The summed E-state index contributed by atoms with van der Waals surface area (Å²) in [7, 11) is 0. The number of hydrogen-bond donors (Lipinski definition) is 1. The zero-order chi connectivity index (χ0) is 13.5. The average molecular weight is 252 g/mol. The second-order valence-electron chi connectivity index (χ2n) is 4.57. The molecular weight excluding hydrogens is 228 g/mol. The first-order valence-corrected chi connectivity index (χ1v) is 6.86. The third-order valence-electron chi connectivity index (χ3n) is 3.19. The molecule has 1 aromatic heterocycles. The minimum atomic E-state index is -0.0613. The topological polar surface area (TPSA) is 61.9 Å². The van der Waals surface area contributed by atoms with Crippen molar-refractivity contribution in [3.63, 3.8) is 0 Å². The number of nitrogens with one attached hydrogen (secondary N) is 1. The molecule has 0 aliphatic heterocycles. The van der Waals surface area contributed by atoms with E-state index in [9.17, 15) is 4.79 Å². The summed E-state index contributed by atoms with van der Waals surface area (Å²) < 4.78 is 0. The summed E-state index contributed by atoms with van der Waals surface area (Å²) in [5.74, 6) is 0.995. The first kappa shape index (κ1) is 14.7. The molecule has 1 N–H and O–H groups in total. The molecule has 1 amide bonds. The fourth-order valence-corrected chi connectivity index (χ4v) is 1.75. The predicted octanol–water partition coefficient (Wildman–Crippen LogP) is 2.41. The maximum absolute atomic E-state index is 12.4. The highest BCUT2D eigenvalue weighted by atomic mass is 16.2. The largest absolute Gasteiger partial charge is 0.333 e. The van der Waals surface area contributed by atoms with Crippen LogP contribution >= 0.6 is 0 Å². The molecule has 1 rings (SSSR count). The van der Waals surface area contributed by atoms with Crippen LogP contribution in [0.15, 0.2) is 0 Å². The van der Waals surface area contributed by atoms with E-state index in [-0.39, 0.29) is 11.9 Å². The number of carbonyl (C=O) groups excluding carboxylic acids is 1. The van der Waals surface area contributed by atoms with Crippen molar-refractivity contribution in [3.05, 3.63) is 11.6 Å². The van der Waals surface area contributed by atoms with Gasteiger partial charge in [-0.2, -0.15) is 0 Å². The summed E-state index contributed by atoms with van der Waals surface area (Å²) in [5.41, 5.74) is 0. The number of amides is 1. The molecular formula is C13H24N4O. The number of aromatic amines is 1. The molecule has 102 valence electrons. The monoisotopic (exact) mass is 252 g/mol. The van der Waals surface area contributed by atoms with Crippen molar-refractivity contribution in [1.82, 2.24) is 20.1 Å². The fourth-order valence-electron chi connectivity index (χ4n) is 1.75. The lowest BCUT2D eigenvalue weighted by Gasteiger charge is -2.27. The van der Waals surface area contributed by atoms with Gasteiger partial charge in [0.25, 0.3) is 5.91 Å². The highest BCUT2D eigenvalue weighted by molar-refractivity contribution is 5.90. The van der Waals surface area contributed by atoms with Gasteiger partial charge in [0.2, 0.25) is 5.82 Å². The van der Waals surface area contributed by atoms with E-state index >= 15 is 0 Å². The number of nitrogens with zero attached hydrogens (tertiary/aromatic N) is 3. The van der Waals surface area contributed by atoms with Crippen molar-refractivity contribution in [2.45, 2.75) is 59.4 Å². The second-order valence-corrected chi connectivity index (χ2v) is 4.57. The van der Waals surface area contributed by atoms with Crippen molar-refractivity contribution in [2.75, 3.05) is 6.54 Å². The van der Waals surface area contributed by atoms with Crippen LogP contribution in [-0.2, 0) is 6.42 Å². The molecule has 1 aromatic rings. The summed E-state index contributed by atoms with van der Waals surface area (Å²) in [6, 6.07) is 0.229. The van der Waals surface area contributed by atoms with Gasteiger partial charge < -0.3 is 4.90 Å². The van der Waals surface area contributed by atoms with Crippen molar-refractivity contribution >= 4 is 5.91 Å². The molecule has 0 bridgehead atoms. The number of aromatic nitrogens is 3. The van der Waals surface area contributed by atoms with Crippen molar-refractivity contribution in [3.8, 4) is 0 Å². The zero-order valence-corrected chi connectivity index (χ0v) is 11.9. The number of hydrogen-bond acceptors (Lipinski definition) is 3. The van der Waals surface area contributed by atoms with Crippen LogP contribution in [0.25, 0.3) is 0 Å². The minimum absolute atomic E-state index is 0.0613. The Bertz CT molecular complexity index is 375. The van der Waals surface area contributed by atoms with E-state index < -0.39 is 0 Å². The molecule has 0 fully saturated rings. The smallest absolute Gasteiger partial charge is 0.293 e. The average Bonchev–Trinajstić information content (AvgIpc) is 2.87. The van der Waals surface area contributed by atoms with Gasteiger partial charge >= 0.3 is 0 Å². The van der Waals surface area contributed by atoms with E-state index in [0.29, 0.717) is 5.82 Å². The van der Waals surface area contributed by atoms with Crippen LogP contribution < -0.4 is 0 Å². The standard InChI is InChI=1S/C13H24N4O/c1-5-8-9-17(10(4)6-2)13(18)12-14-11(7-3)15-16-12/h10H,5-9H2,1-4H3,(H,14,15,16). The number of aryl methyl sites for hydroxylation is 1. The molecule has 0 saturated carbocycles. The van der Waals surface area contributed by atoms with Gasteiger partial charge in [0.05, 0.1) is 0 Å². The van der Waals surface area contributed by atoms with Gasteiger partial charge in [0.15, 0.2) is 0 Å². The normalized spacial score (nSPS) is 12.4. The molecule has 0 saturated heterocycles. The lowest BCUT2D eigenvalue weighted by molar-refractivity contribution is 0.0673. The van der Waals surface area contributed by atoms with Crippen LogP contribution in [0.4, 0.5) is 0 Å². The third kappa shape index (κ3) is 3.55. The number of rotatable bonds is 7. The molecule has 0 aliphatic rings. The zero-order valence-electron chi connectivity index (χ0n) is 11.9. The number of carbonyl (C=O) groups is 1. The van der Waals surface area contributed by atoms with Gasteiger partial charge in [0.1, 0.15) is 5.82 Å². The SMILES string of the molecule is CCCCN(C(=O)c1n[nH]c(CC)n1)C(C)CC. The Hall–Kier alpha value is -1.39. The van der Waals surface area contributed by atoms with Crippen LogP contribution in [0.1, 0.15) is 63.4 Å². The second kappa shape index (κ2) is 7.13. The van der Waals surface area contributed by atoms with Crippen molar-refractivity contribution in [1.29, 1.82) is 0 Å². The summed E-state index contributed by atoms with van der Waals surface area (Å²) in [6.45, 7) is 9.05. The Labute approximate surface area is 109 Å². The lowest BCUT2D eigenvalue weighted by atomic mass is 10.2. The van der Waals surface area contributed by atoms with Crippen LogP contribution in [-0.4, -0.2) is 38.6 Å². The minimum Gasteiger partial charge on any atom is -0.333 e. The molecule has 5 heteroatoms. The molecule has 5 nitrogen and oxygen atoms in total. The summed E-state index contributed by atoms with van der Waals surface area (Å²) >= 11 is 0. The maximum atomic E-state index is 12.4. The fraction of sp³-hybridized carbons (Fsp3) is 0.769. The van der Waals surface area contributed by atoms with E-state index in [1.54, 1.807) is 0 Å². The predicted molar refractivity (Wildman–Crippen MR) is 71.5 cm³/mol. The van der Waals surface area contributed by atoms with Gasteiger partial charge in [-0.05, 0) is 19.8 Å². The van der Waals surface area contributed by atoms with Gasteiger partial charge in [-0.3, -0.25) is 9.89 Å². The summed E-state index contributed by atoms with van der Waals surface area (Å²) in [4.78, 5) is 18.5. The molecule has 0 spiro atoms. The van der Waals surface area contributed by atoms with E-state index in [1.807, 2.05) is 11.8 Å². The van der Waals surface area contributed by atoms with Crippen molar-refractivity contribution < 1.29 is 4.79 Å². The van der Waals surface area contributed by atoms with Gasteiger partial charge in [-0.15, -0.1) is 5.10 Å². The highest BCUT2D eigenvalue weighted by Crippen LogP contribution is 2.10. The Morgan fingerprint density at radius 2 is 2.11 bits per heavy atom. The molecule has 1 heterocycles. The molecule has 0 aromatic carbocycles. The lowest BCUT2D eigenvalue weighted by Crippen LogP contribution is -2.39. The molecule has 0 aliphatic carbocycles. The molecule has 0 radical (unpaired) electrons. The van der Waals surface area contributed by atoms with Gasteiger partial charge in [-0.25, -0.2) is 4.98 Å². The van der Waals surface area contributed by atoms with E-state index in [0.717, 1.165) is 38.1 Å². The van der Waals surface area contributed by atoms with Gasteiger partial charge in [0, 0.05) is 19.0 Å². The molecule has 18 heavy (non-hydrogen) atoms. The number of unbranched alkanes of at least 4 members (excludes halogenated alkanes) is 1. The van der Waals surface area contributed by atoms with E-state index in [1.165, 1.54) is 0 Å². The third-order valence-corrected chi connectivity index (χ3v) is 3.19. The van der Waals surface area contributed by atoms with Crippen LogP contribution in [0, 0.1) is 0 Å². The first-order valence-electron chi connectivity index (χ1n) is 6.86. The van der Waals surface area contributed by atoms with Crippen molar-refractivity contribution in [2.24, 2.45) is 0 Å². The Balaban J connectivity index is 2.80. The summed E-state index contributed by atoms with van der Waals surface area (Å²) in [6.07, 6.45) is 3.80. The highest BCUT2D eigenvalue weighted by Gasteiger charge is 2.23. The number of H-pyrrole nitrogens is 1. The summed E-state index contributed by atoms with van der Waals surface area (Å²) in [5, 5.41) is 6.80. The Morgan fingerprint density at radius 1 is 1.39 bits per heavy atom. The van der Waals surface area contributed by atoms with Crippen LogP contribution in [0.3, 0.4) is 0 Å². The van der Waals surface area contributed by atoms with Gasteiger partial charge in [-0.1, -0.05) is 27.2 Å². The van der Waals surface area contributed by atoms with Crippen LogP contribution in [0.2, 0.25) is 0 Å². The van der Waals surface area contributed by atoms with E-state index in [2.05, 4.69) is 36.0 Å². The quantitative estimate of drug-likeness (QED) is 0.810. The van der Waals surface area contributed by atoms with Crippen LogP contribution in [0.5, 0.6) is 0 Å². The molecule has 1 unspecified atom stereocenters. The van der Waals surface area contributed by atoms with E-state index in [4.69, 9.17) is 0 Å². The first-order chi connectivity index (χ1) is 8.63. The Kier molecular flexibility index (Phi) is 5.82. The molecule has 1 atom stereocenters. The Morgan fingerprint density at radius 3 is 2.61 bits per heavy atom.